The van der Waals surface area contributed by atoms with Gasteiger partial charge in [0.05, 0.1) is 19.8 Å². The molecule has 0 bridgehead atoms. The molecule has 3 rings (SSSR count). The molecule has 0 radical (unpaired) electrons. The maximum absolute atomic E-state index is 9.75. The summed E-state index contributed by atoms with van der Waals surface area (Å²) in [7, 11) is 1.62. The molecule has 25 heavy (non-hydrogen) atoms. The molecule has 6 nitrogen and oxygen atoms in total. The lowest BCUT2D eigenvalue weighted by Crippen LogP contribution is -2.16. The van der Waals surface area contributed by atoms with E-state index in [-0.39, 0.29) is 12.6 Å². The van der Waals surface area contributed by atoms with Gasteiger partial charge < -0.3 is 20.5 Å². The first-order valence-corrected chi connectivity index (χ1v) is 7.95. The molecule has 0 saturated heterocycles. The zero-order valence-electron chi connectivity index (χ0n) is 13.9. The molecular weight excluding hydrogens is 316 g/mol. The van der Waals surface area contributed by atoms with Crippen molar-refractivity contribution in [3.8, 4) is 5.75 Å². The highest BCUT2D eigenvalue weighted by Crippen LogP contribution is 2.22. The lowest BCUT2D eigenvalue weighted by Gasteiger charge is -2.18. The molecule has 2 aromatic carbocycles. The molecule has 0 aliphatic heterocycles. The number of nitrogens with one attached hydrogen (secondary N) is 2. The minimum absolute atomic E-state index is 0.0708. The molecule has 3 aromatic rings. The SMILES string of the molecule is COc1cccc(C(CO)Nc2ccnc(Nc3ccccc3)n2)c1. The van der Waals surface area contributed by atoms with Crippen LogP contribution in [0, 0.1) is 0 Å². The largest absolute Gasteiger partial charge is 0.497 e. The van der Waals surface area contributed by atoms with Crippen LogP contribution in [0.15, 0.2) is 66.9 Å². The molecule has 0 saturated carbocycles. The van der Waals surface area contributed by atoms with Gasteiger partial charge >= 0.3 is 0 Å². The van der Waals surface area contributed by atoms with Crippen LogP contribution in [0.2, 0.25) is 0 Å². The van der Waals surface area contributed by atoms with E-state index in [2.05, 4.69) is 20.6 Å². The summed E-state index contributed by atoms with van der Waals surface area (Å²) in [4.78, 5) is 8.67. The number of para-hydroxylation sites is 1. The van der Waals surface area contributed by atoms with Crippen LogP contribution in [0.1, 0.15) is 11.6 Å². The van der Waals surface area contributed by atoms with Crippen LogP contribution in [0.4, 0.5) is 17.5 Å². The summed E-state index contributed by atoms with van der Waals surface area (Å²) in [6, 6.07) is 18.7. The van der Waals surface area contributed by atoms with Crippen LogP contribution in [-0.2, 0) is 0 Å². The smallest absolute Gasteiger partial charge is 0.229 e. The quantitative estimate of drug-likeness (QED) is 0.614. The minimum Gasteiger partial charge on any atom is -0.497 e. The molecule has 6 heteroatoms. The van der Waals surface area contributed by atoms with Crippen molar-refractivity contribution in [3.05, 3.63) is 72.4 Å². The number of benzene rings is 2. The number of hydrogen-bond acceptors (Lipinski definition) is 6. The van der Waals surface area contributed by atoms with Gasteiger partial charge in [-0.25, -0.2) is 4.98 Å². The van der Waals surface area contributed by atoms with Gasteiger partial charge in [0.15, 0.2) is 0 Å². The molecule has 1 heterocycles. The van der Waals surface area contributed by atoms with E-state index in [4.69, 9.17) is 4.74 Å². The number of aliphatic hydroxyl groups excluding tert-OH is 1. The van der Waals surface area contributed by atoms with Crippen molar-refractivity contribution < 1.29 is 9.84 Å². The monoisotopic (exact) mass is 336 g/mol. The van der Waals surface area contributed by atoms with E-state index in [1.807, 2.05) is 54.6 Å². The second-order valence-electron chi connectivity index (χ2n) is 5.41. The second kappa shape index (κ2) is 8.12. The van der Waals surface area contributed by atoms with Crippen LogP contribution < -0.4 is 15.4 Å². The molecule has 0 aliphatic rings. The lowest BCUT2D eigenvalue weighted by atomic mass is 10.1. The third-order valence-electron chi connectivity index (χ3n) is 3.69. The Morgan fingerprint density at radius 1 is 1.08 bits per heavy atom. The van der Waals surface area contributed by atoms with Crippen molar-refractivity contribution in [2.45, 2.75) is 6.04 Å². The molecule has 0 fully saturated rings. The van der Waals surface area contributed by atoms with Gasteiger partial charge in [0.25, 0.3) is 0 Å². The Bertz CT molecular complexity index is 811. The first-order valence-electron chi connectivity index (χ1n) is 7.95. The van der Waals surface area contributed by atoms with Crippen LogP contribution in [0.3, 0.4) is 0 Å². The Morgan fingerprint density at radius 2 is 1.92 bits per heavy atom. The topological polar surface area (TPSA) is 79.3 Å². The van der Waals surface area contributed by atoms with Crippen LogP contribution in [0.5, 0.6) is 5.75 Å². The number of methoxy groups -OCH3 is 1. The van der Waals surface area contributed by atoms with Crippen LogP contribution >= 0.6 is 0 Å². The summed E-state index contributed by atoms with van der Waals surface area (Å²) in [5.41, 5.74) is 1.82. The number of aromatic nitrogens is 2. The maximum Gasteiger partial charge on any atom is 0.229 e. The average molecular weight is 336 g/mol. The predicted molar refractivity (Wildman–Crippen MR) is 98.2 cm³/mol. The number of ether oxygens (including phenoxy) is 1. The number of hydrogen-bond donors (Lipinski definition) is 3. The highest BCUT2D eigenvalue weighted by molar-refractivity contribution is 5.54. The Kier molecular flexibility index (Phi) is 5.43. The summed E-state index contributed by atoms with van der Waals surface area (Å²) in [5, 5.41) is 16.1. The molecule has 0 amide bonds. The summed E-state index contributed by atoms with van der Waals surface area (Å²) in [6.45, 7) is -0.0708. The Balaban J connectivity index is 1.75. The second-order valence-corrected chi connectivity index (χ2v) is 5.41. The van der Waals surface area contributed by atoms with Gasteiger partial charge in [0.1, 0.15) is 11.6 Å². The molecule has 0 aliphatic carbocycles. The molecule has 128 valence electrons. The highest BCUT2D eigenvalue weighted by atomic mass is 16.5. The zero-order chi connectivity index (χ0) is 17.5. The van der Waals surface area contributed by atoms with Crippen molar-refractivity contribution >= 4 is 17.5 Å². The van der Waals surface area contributed by atoms with E-state index in [9.17, 15) is 5.11 Å². The standard InChI is InChI=1S/C19H20N4O2/c1-25-16-9-5-6-14(12-16)17(13-24)22-18-10-11-20-19(23-18)21-15-7-3-2-4-8-15/h2-12,17,24H,13H2,1H3,(H2,20,21,22,23). The normalized spacial score (nSPS) is 11.6. The first-order chi connectivity index (χ1) is 12.3. The third kappa shape index (κ3) is 4.45. The summed E-state index contributed by atoms with van der Waals surface area (Å²) in [6.07, 6.45) is 1.67. The number of nitrogens with zero attached hydrogens (tertiary/aromatic N) is 2. The van der Waals surface area contributed by atoms with Gasteiger partial charge in [-0.05, 0) is 35.9 Å². The number of rotatable bonds is 7. The van der Waals surface area contributed by atoms with Gasteiger partial charge in [-0.15, -0.1) is 0 Å². The molecular formula is C19H20N4O2. The van der Waals surface area contributed by atoms with E-state index in [0.29, 0.717) is 11.8 Å². The van der Waals surface area contributed by atoms with Crippen molar-refractivity contribution in [2.24, 2.45) is 0 Å². The van der Waals surface area contributed by atoms with Gasteiger partial charge in [-0.2, -0.15) is 4.98 Å². The van der Waals surface area contributed by atoms with Gasteiger partial charge in [-0.3, -0.25) is 0 Å². The van der Waals surface area contributed by atoms with Gasteiger partial charge in [-0.1, -0.05) is 30.3 Å². The Labute approximate surface area is 146 Å². The van der Waals surface area contributed by atoms with Crippen LogP contribution in [-0.4, -0.2) is 28.8 Å². The fourth-order valence-corrected chi connectivity index (χ4v) is 2.42. The fourth-order valence-electron chi connectivity index (χ4n) is 2.42. The fraction of sp³-hybridized carbons (Fsp3) is 0.158. The van der Waals surface area contributed by atoms with E-state index < -0.39 is 0 Å². The molecule has 1 atom stereocenters. The summed E-state index contributed by atoms with van der Waals surface area (Å²) >= 11 is 0. The molecule has 0 spiro atoms. The highest BCUT2D eigenvalue weighted by Gasteiger charge is 2.12. The van der Waals surface area contributed by atoms with Crippen molar-refractivity contribution in [1.82, 2.24) is 9.97 Å². The Hall–Kier alpha value is -3.12. The number of anilines is 3. The van der Waals surface area contributed by atoms with Crippen LogP contribution in [0.25, 0.3) is 0 Å². The lowest BCUT2D eigenvalue weighted by molar-refractivity contribution is 0.276. The maximum atomic E-state index is 9.75. The van der Waals surface area contributed by atoms with Gasteiger partial charge in [0.2, 0.25) is 5.95 Å². The number of aliphatic hydroxyl groups is 1. The zero-order valence-corrected chi connectivity index (χ0v) is 13.9. The van der Waals surface area contributed by atoms with Crippen molar-refractivity contribution in [2.75, 3.05) is 24.4 Å². The van der Waals surface area contributed by atoms with E-state index in [1.165, 1.54) is 0 Å². The summed E-state index contributed by atoms with van der Waals surface area (Å²) < 4.78 is 5.24. The van der Waals surface area contributed by atoms with Crippen molar-refractivity contribution in [1.29, 1.82) is 0 Å². The molecule has 1 aromatic heterocycles. The molecule has 3 N–H and O–H groups in total. The summed E-state index contributed by atoms with van der Waals surface area (Å²) in [5.74, 6) is 1.85. The van der Waals surface area contributed by atoms with Crippen molar-refractivity contribution in [3.63, 3.8) is 0 Å². The average Bonchev–Trinajstić information content (AvgIpc) is 2.67. The first kappa shape index (κ1) is 16.7. The van der Waals surface area contributed by atoms with E-state index >= 15 is 0 Å². The predicted octanol–water partition coefficient (Wildman–Crippen LogP) is 3.37. The third-order valence-corrected chi connectivity index (χ3v) is 3.69. The van der Waals surface area contributed by atoms with Gasteiger partial charge in [0, 0.05) is 11.9 Å². The minimum atomic E-state index is -0.297. The Morgan fingerprint density at radius 3 is 2.68 bits per heavy atom. The molecule has 1 unspecified atom stereocenters. The van der Waals surface area contributed by atoms with E-state index in [0.717, 1.165) is 17.0 Å². The van der Waals surface area contributed by atoms with E-state index in [1.54, 1.807) is 19.4 Å².